The monoisotopic (exact) mass is 466 g/mol. The lowest BCUT2D eigenvalue weighted by Crippen LogP contribution is -2.31. The van der Waals surface area contributed by atoms with E-state index in [0.29, 0.717) is 38.8 Å². The van der Waals surface area contributed by atoms with Crippen LogP contribution in [0.4, 0.5) is 5.13 Å². The minimum absolute atomic E-state index is 0.255. The molecular formula is C23H16Cl2N4OS. The van der Waals surface area contributed by atoms with Crippen LogP contribution in [0.1, 0.15) is 10.4 Å². The number of aromatic nitrogens is 3. The second-order valence-corrected chi connectivity index (χ2v) is 8.16. The number of thiazole rings is 1. The first-order valence-electron chi connectivity index (χ1n) is 9.28. The summed E-state index contributed by atoms with van der Waals surface area (Å²) in [6.07, 6.45) is 4.71. The summed E-state index contributed by atoms with van der Waals surface area (Å²) in [4.78, 5) is 28.0. The average molecular weight is 467 g/mol. The summed E-state index contributed by atoms with van der Waals surface area (Å²) in [6, 6.07) is 14.9. The van der Waals surface area contributed by atoms with E-state index in [4.69, 9.17) is 23.2 Å². The van der Waals surface area contributed by atoms with Gasteiger partial charge in [-0.1, -0.05) is 65.7 Å². The molecule has 0 aliphatic heterocycles. The molecule has 0 atom stereocenters. The minimum Gasteiger partial charge on any atom is -0.280 e. The van der Waals surface area contributed by atoms with Crippen molar-refractivity contribution >= 4 is 45.6 Å². The predicted octanol–water partition coefficient (Wildman–Crippen LogP) is 6.41. The molecule has 0 saturated carbocycles. The van der Waals surface area contributed by atoms with Crippen molar-refractivity contribution in [3.63, 3.8) is 0 Å². The van der Waals surface area contributed by atoms with Gasteiger partial charge in [-0.2, -0.15) is 0 Å². The number of rotatable bonds is 6. The zero-order valence-corrected chi connectivity index (χ0v) is 18.5. The minimum atomic E-state index is -0.255. The van der Waals surface area contributed by atoms with Crippen LogP contribution in [0.2, 0.25) is 10.0 Å². The second kappa shape index (κ2) is 9.39. The van der Waals surface area contributed by atoms with E-state index in [0.717, 1.165) is 11.1 Å². The molecule has 0 unspecified atom stereocenters. The SMILES string of the molecule is C=CCN(C(=O)c1cnc(-c2ccccc2)nc1)c1nc(-c2ccc(Cl)c(Cl)c2)cs1. The Balaban J connectivity index is 1.60. The first-order valence-corrected chi connectivity index (χ1v) is 10.9. The quantitative estimate of drug-likeness (QED) is 0.308. The van der Waals surface area contributed by atoms with Crippen LogP contribution in [-0.2, 0) is 0 Å². The molecule has 5 nitrogen and oxygen atoms in total. The molecule has 8 heteroatoms. The summed E-state index contributed by atoms with van der Waals surface area (Å²) in [7, 11) is 0. The van der Waals surface area contributed by atoms with Gasteiger partial charge in [0.1, 0.15) is 0 Å². The van der Waals surface area contributed by atoms with Gasteiger partial charge >= 0.3 is 0 Å². The molecule has 0 bridgehead atoms. The molecule has 0 radical (unpaired) electrons. The Morgan fingerprint density at radius 3 is 2.45 bits per heavy atom. The van der Waals surface area contributed by atoms with E-state index in [1.54, 1.807) is 23.1 Å². The van der Waals surface area contributed by atoms with Gasteiger partial charge in [0.2, 0.25) is 0 Å². The summed E-state index contributed by atoms with van der Waals surface area (Å²) in [5.74, 6) is 0.304. The summed E-state index contributed by atoms with van der Waals surface area (Å²) >= 11 is 13.5. The Morgan fingerprint density at radius 1 is 1.03 bits per heavy atom. The summed E-state index contributed by atoms with van der Waals surface area (Å²) < 4.78 is 0. The smallest absolute Gasteiger partial charge is 0.263 e. The molecule has 0 aliphatic carbocycles. The van der Waals surface area contributed by atoms with Crippen molar-refractivity contribution < 1.29 is 4.79 Å². The first-order chi connectivity index (χ1) is 15.1. The fourth-order valence-corrected chi connectivity index (χ4v) is 4.02. The number of hydrogen-bond donors (Lipinski definition) is 0. The molecule has 0 spiro atoms. The van der Waals surface area contributed by atoms with Crippen molar-refractivity contribution in [2.24, 2.45) is 0 Å². The molecule has 31 heavy (non-hydrogen) atoms. The highest BCUT2D eigenvalue weighted by molar-refractivity contribution is 7.14. The normalized spacial score (nSPS) is 10.6. The van der Waals surface area contributed by atoms with Crippen LogP contribution < -0.4 is 4.90 Å². The lowest BCUT2D eigenvalue weighted by Gasteiger charge is -2.17. The van der Waals surface area contributed by atoms with Gasteiger partial charge < -0.3 is 0 Å². The number of hydrogen-bond acceptors (Lipinski definition) is 5. The van der Waals surface area contributed by atoms with E-state index in [1.165, 1.54) is 23.7 Å². The number of nitrogens with zero attached hydrogens (tertiary/aromatic N) is 4. The largest absolute Gasteiger partial charge is 0.280 e. The van der Waals surface area contributed by atoms with E-state index < -0.39 is 0 Å². The van der Waals surface area contributed by atoms with E-state index >= 15 is 0 Å². The van der Waals surface area contributed by atoms with E-state index in [9.17, 15) is 4.79 Å². The van der Waals surface area contributed by atoms with E-state index in [1.807, 2.05) is 41.8 Å². The Kier molecular flexibility index (Phi) is 6.42. The van der Waals surface area contributed by atoms with Crippen molar-refractivity contribution in [2.75, 3.05) is 11.4 Å². The third-order valence-corrected chi connectivity index (χ3v) is 6.03. The highest BCUT2D eigenvalue weighted by atomic mass is 35.5. The highest BCUT2D eigenvalue weighted by Crippen LogP contribution is 2.32. The maximum absolute atomic E-state index is 13.2. The molecule has 0 aliphatic rings. The van der Waals surface area contributed by atoms with Crippen molar-refractivity contribution in [2.45, 2.75) is 0 Å². The fraction of sp³-hybridized carbons (Fsp3) is 0.0435. The third-order valence-electron chi connectivity index (χ3n) is 4.43. The molecular weight excluding hydrogens is 451 g/mol. The van der Waals surface area contributed by atoms with Crippen molar-refractivity contribution in [3.8, 4) is 22.6 Å². The Morgan fingerprint density at radius 2 is 1.77 bits per heavy atom. The zero-order valence-electron chi connectivity index (χ0n) is 16.2. The number of benzene rings is 2. The van der Waals surface area contributed by atoms with Gasteiger partial charge in [0.05, 0.1) is 21.3 Å². The van der Waals surface area contributed by atoms with Gasteiger partial charge in [-0.3, -0.25) is 9.69 Å². The molecule has 2 aromatic heterocycles. The number of anilines is 1. The van der Waals surface area contributed by atoms with Crippen LogP contribution in [0.25, 0.3) is 22.6 Å². The lowest BCUT2D eigenvalue weighted by molar-refractivity contribution is 0.0989. The summed E-state index contributed by atoms with van der Waals surface area (Å²) in [5.41, 5.74) is 2.78. The predicted molar refractivity (Wildman–Crippen MR) is 127 cm³/mol. The Bertz CT molecular complexity index is 1230. The van der Waals surface area contributed by atoms with Gasteiger partial charge in [-0.05, 0) is 12.1 Å². The number of amides is 1. The number of halogens is 2. The van der Waals surface area contributed by atoms with Crippen molar-refractivity contribution in [3.05, 3.63) is 94.6 Å². The highest BCUT2D eigenvalue weighted by Gasteiger charge is 2.21. The Labute approximate surface area is 193 Å². The van der Waals surface area contributed by atoms with Gasteiger partial charge in [-0.25, -0.2) is 15.0 Å². The van der Waals surface area contributed by atoms with Crippen LogP contribution in [0.3, 0.4) is 0 Å². The molecule has 0 fully saturated rings. The van der Waals surface area contributed by atoms with E-state index in [2.05, 4.69) is 21.5 Å². The maximum atomic E-state index is 13.2. The molecule has 0 saturated heterocycles. The standard InChI is InChI=1S/C23H16Cl2N4OS/c1-2-10-29(23-28-20(14-31-23)16-8-9-18(24)19(25)11-16)22(30)17-12-26-21(27-13-17)15-6-4-3-5-7-15/h2-9,11-14H,1,10H2. The van der Waals surface area contributed by atoms with Crippen LogP contribution >= 0.6 is 34.5 Å². The van der Waals surface area contributed by atoms with Gasteiger partial charge in [0, 0.05) is 35.4 Å². The van der Waals surface area contributed by atoms with Crippen LogP contribution in [0.15, 0.2) is 79.0 Å². The van der Waals surface area contributed by atoms with Crippen LogP contribution in [0, 0.1) is 0 Å². The zero-order chi connectivity index (χ0) is 21.8. The second-order valence-electron chi connectivity index (χ2n) is 6.51. The molecule has 1 amide bonds. The molecule has 2 aromatic carbocycles. The van der Waals surface area contributed by atoms with Crippen molar-refractivity contribution in [1.82, 2.24) is 15.0 Å². The van der Waals surface area contributed by atoms with Gasteiger partial charge in [0.15, 0.2) is 11.0 Å². The number of carbonyl (C=O) groups excluding carboxylic acids is 1. The van der Waals surface area contributed by atoms with Crippen LogP contribution in [-0.4, -0.2) is 27.4 Å². The van der Waals surface area contributed by atoms with Gasteiger partial charge in [-0.15, -0.1) is 17.9 Å². The molecule has 4 rings (SSSR count). The number of carbonyl (C=O) groups is 1. The van der Waals surface area contributed by atoms with Gasteiger partial charge in [0.25, 0.3) is 5.91 Å². The van der Waals surface area contributed by atoms with Crippen LogP contribution in [0.5, 0.6) is 0 Å². The average Bonchev–Trinajstić information content (AvgIpc) is 3.29. The Hall–Kier alpha value is -3.06. The topological polar surface area (TPSA) is 59.0 Å². The van der Waals surface area contributed by atoms with E-state index in [-0.39, 0.29) is 5.91 Å². The summed E-state index contributed by atoms with van der Waals surface area (Å²) in [6.45, 7) is 4.06. The molecule has 154 valence electrons. The first kappa shape index (κ1) is 21.2. The maximum Gasteiger partial charge on any atom is 0.263 e. The molecule has 0 N–H and O–H groups in total. The summed E-state index contributed by atoms with van der Waals surface area (Å²) in [5, 5.41) is 3.33. The lowest BCUT2D eigenvalue weighted by atomic mass is 10.2. The molecule has 4 aromatic rings. The fourth-order valence-electron chi connectivity index (χ4n) is 2.88. The molecule has 2 heterocycles. The van der Waals surface area contributed by atoms with Crippen molar-refractivity contribution in [1.29, 1.82) is 0 Å². The third kappa shape index (κ3) is 4.66.